The molecule has 1 aromatic rings. The second-order valence-electron chi connectivity index (χ2n) is 6.94. The summed E-state index contributed by atoms with van der Waals surface area (Å²) in [7, 11) is 0. The zero-order valence-electron chi connectivity index (χ0n) is 21.0. The third-order valence-corrected chi connectivity index (χ3v) is 5.46. The first kappa shape index (κ1) is 31.2. The van der Waals surface area contributed by atoms with E-state index in [9.17, 15) is 9.59 Å². The molecule has 2 amide bonds. The highest BCUT2D eigenvalue weighted by Crippen LogP contribution is 2.17. The number of nitrogens with one attached hydrogen (secondary N) is 2. The number of hydrogen-bond donors (Lipinski definition) is 2. The van der Waals surface area contributed by atoms with Crippen molar-refractivity contribution in [3.63, 3.8) is 0 Å². The standard InChI is InChI=1S/C22H28N4O2S2.C2H6.C2H4.2H2/c1-4-25(21(29)17-9-7-6-8-10-17)23-19(27)15-20(28)24-26(5-2)22(30)18-13-11-16(3)12-14-18;2*1-2;;/h6-11,13-14,16H,4-5,12,15H2,1-3H3,(H,23,27)(H,24,28);1-2H3;1-2H2;2*1H. The van der Waals surface area contributed by atoms with Gasteiger partial charge in [0.15, 0.2) is 0 Å². The zero-order valence-corrected chi connectivity index (χ0v) is 22.6. The highest BCUT2D eigenvalue weighted by Gasteiger charge is 2.19. The average Bonchev–Trinajstić information content (AvgIpc) is 2.88. The Hall–Kier alpha value is -2.84. The molecule has 0 aliphatic heterocycles. The van der Waals surface area contributed by atoms with Crippen molar-refractivity contribution in [1.29, 1.82) is 0 Å². The van der Waals surface area contributed by atoms with Gasteiger partial charge in [-0.05, 0) is 26.2 Å². The second kappa shape index (κ2) is 17.6. The lowest BCUT2D eigenvalue weighted by Gasteiger charge is -2.27. The number of allylic oxidation sites excluding steroid dienone is 2. The predicted octanol–water partition coefficient (Wildman–Crippen LogP) is 5.63. The number of benzene rings is 1. The van der Waals surface area contributed by atoms with Gasteiger partial charge in [0.25, 0.3) is 0 Å². The molecule has 2 N–H and O–H groups in total. The van der Waals surface area contributed by atoms with Gasteiger partial charge in [-0.2, -0.15) is 0 Å². The van der Waals surface area contributed by atoms with Gasteiger partial charge in [-0.15, -0.1) is 13.2 Å². The van der Waals surface area contributed by atoms with Gasteiger partial charge < -0.3 is 0 Å². The monoisotopic (exact) mass is 506 g/mol. The van der Waals surface area contributed by atoms with Crippen LogP contribution in [0.15, 0.2) is 67.3 Å². The van der Waals surface area contributed by atoms with Crippen molar-refractivity contribution in [2.24, 2.45) is 5.92 Å². The molecule has 1 unspecified atom stereocenters. The van der Waals surface area contributed by atoms with Crippen molar-refractivity contribution in [2.75, 3.05) is 13.1 Å². The smallest absolute Gasteiger partial charge is 0.248 e. The maximum atomic E-state index is 12.4. The number of rotatable bonds is 6. The summed E-state index contributed by atoms with van der Waals surface area (Å²) in [6.45, 7) is 16.9. The molecule has 0 bridgehead atoms. The van der Waals surface area contributed by atoms with E-state index in [0.29, 0.717) is 29.0 Å². The first-order valence-corrected chi connectivity index (χ1v) is 12.3. The SMILES string of the molecule is C=C.CC.CCN(NC(=O)CC(=O)NN(CC)C(=S)c1ccccc1)C(=S)C1=CCC(C)C=C1.[HH].[HH]. The van der Waals surface area contributed by atoms with Crippen LogP contribution in [-0.2, 0) is 9.59 Å². The molecular weight excluding hydrogens is 464 g/mol. The quantitative estimate of drug-likeness (QED) is 0.226. The van der Waals surface area contributed by atoms with E-state index in [1.807, 2.05) is 64.1 Å². The van der Waals surface area contributed by atoms with Crippen LogP contribution in [0, 0.1) is 5.92 Å². The average molecular weight is 507 g/mol. The van der Waals surface area contributed by atoms with E-state index in [-0.39, 0.29) is 9.27 Å². The molecule has 0 radical (unpaired) electrons. The maximum Gasteiger partial charge on any atom is 0.248 e. The van der Waals surface area contributed by atoms with Crippen LogP contribution in [0.5, 0.6) is 0 Å². The van der Waals surface area contributed by atoms with Gasteiger partial charge in [0.2, 0.25) is 11.8 Å². The van der Waals surface area contributed by atoms with Crippen molar-refractivity contribution < 1.29 is 12.4 Å². The number of likely N-dealkylation sites (N-methyl/N-ethyl adjacent to an activating group) is 1. The van der Waals surface area contributed by atoms with Crippen molar-refractivity contribution in [3.8, 4) is 0 Å². The van der Waals surface area contributed by atoms with E-state index >= 15 is 0 Å². The molecule has 2 rings (SSSR count). The van der Waals surface area contributed by atoms with Gasteiger partial charge >= 0.3 is 0 Å². The number of hydrazine groups is 2. The molecule has 0 spiro atoms. The second-order valence-corrected chi connectivity index (χ2v) is 7.72. The fraction of sp³-hybridized carbons (Fsp3) is 0.385. The molecule has 8 heteroatoms. The Kier molecular flexibility index (Phi) is 16.1. The Morgan fingerprint density at radius 2 is 1.50 bits per heavy atom. The molecule has 1 aromatic carbocycles. The minimum atomic E-state index is -0.444. The summed E-state index contributed by atoms with van der Waals surface area (Å²) in [5, 5.41) is 3.14. The van der Waals surface area contributed by atoms with Crippen LogP contribution in [0.2, 0.25) is 0 Å². The minimum absolute atomic E-state index is 0. The van der Waals surface area contributed by atoms with Crippen LogP contribution in [-0.4, -0.2) is 44.9 Å². The summed E-state index contributed by atoms with van der Waals surface area (Å²) in [5.41, 5.74) is 7.15. The van der Waals surface area contributed by atoms with Crippen LogP contribution < -0.4 is 10.9 Å². The molecule has 0 saturated heterocycles. The number of thiocarbonyl (C=S) groups is 2. The predicted molar refractivity (Wildman–Crippen MR) is 154 cm³/mol. The van der Waals surface area contributed by atoms with E-state index in [2.05, 4.69) is 43.1 Å². The van der Waals surface area contributed by atoms with Gasteiger partial charge in [0, 0.05) is 27.1 Å². The van der Waals surface area contributed by atoms with Crippen molar-refractivity contribution in [1.82, 2.24) is 20.9 Å². The Bertz CT molecular complexity index is 880. The highest BCUT2D eigenvalue weighted by molar-refractivity contribution is 7.81. The molecule has 1 aliphatic rings. The fourth-order valence-corrected chi connectivity index (χ4v) is 3.49. The summed E-state index contributed by atoms with van der Waals surface area (Å²) in [4.78, 5) is 25.8. The molecule has 0 aromatic heterocycles. The topological polar surface area (TPSA) is 64.7 Å². The van der Waals surface area contributed by atoms with Crippen LogP contribution in [0.25, 0.3) is 0 Å². The number of hydrogen-bond acceptors (Lipinski definition) is 4. The fourth-order valence-electron chi connectivity index (χ4n) is 2.85. The third-order valence-electron chi connectivity index (χ3n) is 4.54. The lowest BCUT2D eigenvalue weighted by molar-refractivity contribution is -0.132. The first-order chi connectivity index (χ1) is 16.3. The lowest BCUT2D eigenvalue weighted by Crippen LogP contribution is -2.49. The third kappa shape index (κ3) is 10.4. The minimum Gasteiger partial charge on any atom is -0.274 e. The van der Waals surface area contributed by atoms with E-state index in [1.54, 1.807) is 10.0 Å². The van der Waals surface area contributed by atoms with Gasteiger partial charge in [0.05, 0.1) is 0 Å². The Morgan fingerprint density at radius 3 is 1.94 bits per heavy atom. The van der Waals surface area contributed by atoms with Gasteiger partial charge in [0.1, 0.15) is 16.4 Å². The van der Waals surface area contributed by atoms with Crippen LogP contribution >= 0.6 is 24.4 Å². The number of nitrogens with zero attached hydrogens (tertiary/aromatic N) is 2. The van der Waals surface area contributed by atoms with E-state index < -0.39 is 11.8 Å². The Balaban J connectivity index is -0.00000172. The lowest BCUT2D eigenvalue weighted by atomic mass is 9.98. The summed E-state index contributed by atoms with van der Waals surface area (Å²) in [6.07, 6.45) is 6.71. The van der Waals surface area contributed by atoms with Gasteiger partial charge in [-0.25, -0.2) is 0 Å². The van der Waals surface area contributed by atoms with Gasteiger partial charge in [-0.1, -0.05) is 93.8 Å². The van der Waals surface area contributed by atoms with E-state index in [4.69, 9.17) is 24.4 Å². The maximum absolute atomic E-state index is 12.4. The van der Waals surface area contributed by atoms with Crippen LogP contribution in [0.3, 0.4) is 0 Å². The van der Waals surface area contributed by atoms with Crippen molar-refractivity contribution in [2.45, 2.75) is 47.5 Å². The Morgan fingerprint density at radius 1 is 1.00 bits per heavy atom. The molecule has 1 aliphatic carbocycles. The van der Waals surface area contributed by atoms with Crippen molar-refractivity contribution >= 4 is 46.2 Å². The zero-order chi connectivity index (χ0) is 26.1. The van der Waals surface area contributed by atoms with E-state index in [0.717, 1.165) is 17.6 Å². The van der Waals surface area contributed by atoms with Gasteiger partial charge in [-0.3, -0.25) is 30.5 Å². The summed E-state index contributed by atoms with van der Waals surface area (Å²) < 4.78 is 0. The molecule has 6 nitrogen and oxygen atoms in total. The molecule has 0 heterocycles. The molecule has 1 atom stereocenters. The number of carbonyl (C=O) groups excluding carboxylic acids is 2. The molecule has 0 saturated carbocycles. The Labute approximate surface area is 218 Å². The summed E-state index contributed by atoms with van der Waals surface area (Å²) in [6, 6.07) is 9.41. The molecule has 0 fully saturated rings. The molecular formula is C26H42N4O2S2. The largest absolute Gasteiger partial charge is 0.274 e. The number of carbonyl (C=O) groups is 2. The number of amides is 2. The van der Waals surface area contributed by atoms with Crippen LogP contribution in [0.1, 0.15) is 55.9 Å². The molecule has 34 heavy (non-hydrogen) atoms. The van der Waals surface area contributed by atoms with Crippen molar-refractivity contribution in [3.05, 3.63) is 72.9 Å². The normalized spacial score (nSPS) is 13.6. The van der Waals surface area contributed by atoms with E-state index in [1.165, 1.54) is 0 Å². The molecule has 190 valence electrons. The highest BCUT2D eigenvalue weighted by atomic mass is 32.1. The summed E-state index contributed by atoms with van der Waals surface area (Å²) in [5.74, 6) is -0.402. The summed E-state index contributed by atoms with van der Waals surface area (Å²) >= 11 is 11.0. The first-order valence-electron chi connectivity index (χ1n) is 11.5. The van der Waals surface area contributed by atoms with Crippen LogP contribution in [0.4, 0.5) is 0 Å².